The lowest BCUT2D eigenvalue weighted by atomic mass is 9.89. The first-order valence-electron chi connectivity index (χ1n) is 8.48. The topological polar surface area (TPSA) is 47.6 Å². The van der Waals surface area contributed by atoms with E-state index < -0.39 is 0 Å². The van der Waals surface area contributed by atoms with Crippen LogP contribution in [0.4, 0.5) is 5.69 Å². The van der Waals surface area contributed by atoms with Gasteiger partial charge in [0.05, 0.1) is 10.9 Å². The number of fused-ring (bicyclic) bond motifs is 2. The second kappa shape index (κ2) is 5.85. The number of ketones is 1. The molecule has 0 saturated heterocycles. The Bertz CT molecular complexity index is 906. The SMILES string of the molecule is O=C1CCCC2=C1C(c1ccc3c(c1)OCO3)Sc1ccccc1N2. The first kappa shape index (κ1) is 14.9. The van der Waals surface area contributed by atoms with Crippen molar-refractivity contribution in [2.24, 2.45) is 0 Å². The molecule has 2 aromatic rings. The number of thioether (sulfide) groups is 1. The van der Waals surface area contributed by atoms with E-state index in [0.717, 1.165) is 51.8 Å². The molecule has 0 bridgehead atoms. The van der Waals surface area contributed by atoms with Gasteiger partial charge in [0, 0.05) is 22.6 Å². The van der Waals surface area contributed by atoms with Crippen LogP contribution in [0, 0.1) is 0 Å². The van der Waals surface area contributed by atoms with E-state index in [1.54, 1.807) is 11.8 Å². The molecule has 4 nitrogen and oxygen atoms in total. The fourth-order valence-electron chi connectivity index (χ4n) is 3.63. The fourth-order valence-corrected chi connectivity index (χ4v) is 4.96. The van der Waals surface area contributed by atoms with Gasteiger partial charge in [-0.05, 0) is 42.7 Å². The van der Waals surface area contributed by atoms with Gasteiger partial charge in [0.2, 0.25) is 6.79 Å². The summed E-state index contributed by atoms with van der Waals surface area (Å²) < 4.78 is 11.0. The molecule has 25 heavy (non-hydrogen) atoms. The van der Waals surface area contributed by atoms with Crippen LogP contribution in [0.15, 0.2) is 58.6 Å². The summed E-state index contributed by atoms with van der Waals surface area (Å²) in [6.45, 7) is 0.258. The third-order valence-corrected chi connectivity index (χ3v) is 6.19. The van der Waals surface area contributed by atoms with Crippen molar-refractivity contribution in [3.8, 4) is 11.5 Å². The highest BCUT2D eigenvalue weighted by Gasteiger charge is 2.33. The summed E-state index contributed by atoms with van der Waals surface area (Å²) in [5.74, 6) is 1.77. The molecule has 0 spiro atoms. The minimum absolute atomic E-state index is 0.0338. The number of hydrogen-bond donors (Lipinski definition) is 1. The van der Waals surface area contributed by atoms with E-state index in [1.165, 1.54) is 0 Å². The number of para-hydroxylation sites is 1. The molecule has 2 aromatic carbocycles. The van der Waals surface area contributed by atoms with Crippen molar-refractivity contribution in [2.75, 3.05) is 12.1 Å². The summed E-state index contributed by atoms with van der Waals surface area (Å²) >= 11 is 1.73. The molecule has 0 amide bonds. The van der Waals surface area contributed by atoms with Crippen molar-refractivity contribution in [3.05, 3.63) is 59.3 Å². The zero-order valence-corrected chi connectivity index (χ0v) is 14.4. The summed E-state index contributed by atoms with van der Waals surface area (Å²) in [7, 11) is 0. The Morgan fingerprint density at radius 2 is 1.92 bits per heavy atom. The molecule has 1 N–H and O–H groups in total. The first-order valence-corrected chi connectivity index (χ1v) is 9.36. The van der Waals surface area contributed by atoms with Crippen molar-refractivity contribution < 1.29 is 14.3 Å². The molecular formula is C20H17NO3S. The summed E-state index contributed by atoms with van der Waals surface area (Å²) in [6.07, 6.45) is 2.45. The third-order valence-electron chi connectivity index (χ3n) is 4.84. The Morgan fingerprint density at radius 1 is 1.04 bits per heavy atom. The molecule has 0 aromatic heterocycles. The van der Waals surface area contributed by atoms with Crippen molar-refractivity contribution in [1.29, 1.82) is 0 Å². The molecule has 0 fully saturated rings. The molecule has 5 rings (SSSR count). The maximum atomic E-state index is 12.8. The van der Waals surface area contributed by atoms with Gasteiger partial charge in [-0.3, -0.25) is 4.79 Å². The maximum Gasteiger partial charge on any atom is 0.231 e. The van der Waals surface area contributed by atoms with Gasteiger partial charge in [0.1, 0.15) is 0 Å². The maximum absolute atomic E-state index is 12.8. The van der Waals surface area contributed by atoms with Gasteiger partial charge < -0.3 is 14.8 Å². The lowest BCUT2D eigenvalue weighted by Gasteiger charge is -2.24. The quantitative estimate of drug-likeness (QED) is 0.808. The van der Waals surface area contributed by atoms with Crippen molar-refractivity contribution in [2.45, 2.75) is 29.4 Å². The first-order chi connectivity index (χ1) is 12.3. The number of rotatable bonds is 1. The number of Topliss-reactive ketones (excluding diaryl/α,β-unsaturated/α-hetero) is 1. The Balaban J connectivity index is 1.66. The van der Waals surface area contributed by atoms with Crippen molar-refractivity contribution >= 4 is 23.2 Å². The molecule has 3 aliphatic rings. The summed E-state index contributed by atoms with van der Waals surface area (Å²) in [4.78, 5) is 13.9. The molecule has 126 valence electrons. The normalized spacial score (nSPS) is 21.3. The van der Waals surface area contributed by atoms with E-state index in [1.807, 2.05) is 30.3 Å². The van der Waals surface area contributed by atoms with Crippen LogP contribution in [0.5, 0.6) is 11.5 Å². The molecule has 0 radical (unpaired) electrons. The lowest BCUT2D eigenvalue weighted by Crippen LogP contribution is -2.19. The van der Waals surface area contributed by atoms with Crippen LogP contribution in [0.25, 0.3) is 0 Å². The predicted octanol–water partition coefficient (Wildman–Crippen LogP) is 4.68. The molecular weight excluding hydrogens is 334 g/mol. The van der Waals surface area contributed by atoms with Gasteiger partial charge in [-0.1, -0.05) is 18.2 Å². The zero-order valence-electron chi connectivity index (χ0n) is 13.6. The van der Waals surface area contributed by atoms with Crippen LogP contribution in [-0.2, 0) is 4.79 Å². The van der Waals surface area contributed by atoms with Gasteiger partial charge in [-0.2, -0.15) is 0 Å². The highest BCUT2D eigenvalue weighted by Crippen LogP contribution is 2.50. The van der Waals surface area contributed by atoms with Gasteiger partial charge >= 0.3 is 0 Å². The van der Waals surface area contributed by atoms with Gasteiger partial charge in [-0.15, -0.1) is 11.8 Å². The molecule has 1 unspecified atom stereocenters. The standard InChI is InChI=1S/C20H17NO3S/c22-15-6-3-5-14-19(15)20(25-18-7-2-1-4-13(18)21-14)12-8-9-16-17(10-12)24-11-23-16/h1-2,4,7-10,20-21H,3,5-6,11H2. The van der Waals surface area contributed by atoms with Crippen LogP contribution >= 0.6 is 11.8 Å². The Morgan fingerprint density at radius 3 is 2.88 bits per heavy atom. The minimum atomic E-state index is -0.0338. The largest absolute Gasteiger partial charge is 0.454 e. The van der Waals surface area contributed by atoms with Gasteiger partial charge in [0.25, 0.3) is 0 Å². The van der Waals surface area contributed by atoms with Crippen LogP contribution in [-0.4, -0.2) is 12.6 Å². The van der Waals surface area contributed by atoms with Crippen LogP contribution in [0.3, 0.4) is 0 Å². The monoisotopic (exact) mass is 351 g/mol. The van der Waals surface area contributed by atoms with E-state index in [4.69, 9.17) is 9.47 Å². The number of hydrogen-bond acceptors (Lipinski definition) is 5. The minimum Gasteiger partial charge on any atom is -0.454 e. The second-order valence-electron chi connectivity index (χ2n) is 6.40. The predicted molar refractivity (Wildman–Crippen MR) is 97.1 cm³/mol. The molecule has 1 aliphatic carbocycles. The van der Waals surface area contributed by atoms with E-state index in [0.29, 0.717) is 6.42 Å². The van der Waals surface area contributed by atoms with E-state index >= 15 is 0 Å². The number of benzene rings is 2. The zero-order chi connectivity index (χ0) is 16.8. The number of ether oxygens (including phenoxy) is 2. The number of carbonyl (C=O) groups excluding carboxylic acids is 1. The van der Waals surface area contributed by atoms with Crippen LogP contribution in [0.1, 0.15) is 30.1 Å². The van der Waals surface area contributed by atoms with E-state index in [9.17, 15) is 4.79 Å². The Labute approximate surface area is 150 Å². The number of anilines is 1. The third kappa shape index (κ3) is 2.50. The molecule has 1 atom stereocenters. The van der Waals surface area contributed by atoms with E-state index in [-0.39, 0.29) is 17.8 Å². The smallest absolute Gasteiger partial charge is 0.231 e. The summed E-state index contributed by atoms with van der Waals surface area (Å²) in [5.41, 5.74) is 4.14. The Hall–Kier alpha value is -2.40. The average molecular weight is 351 g/mol. The second-order valence-corrected chi connectivity index (χ2v) is 7.55. The Kier molecular flexibility index (Phi) is 3.48. The van der Waals surface area contributed by atoms with Gasteiger partial charge in [-0.25, -0.2) is 0 Å². The fraction of sp³-hybridized carbons (Fsp3) is 0.250. The van der Waals surface area contributed by atoms with Crippen LogP contribution < -0.4 is 14.8 Å². The number of allylic oxidation sites excluding steroid dienone is 1. The molecule has 0 saturated carbocycles. The van der Waals surface area contributed by atoms with Crippen LogP contribution in [0.2, 0.25) is 0 Å². The number of nitrogens with one attached hydrogen (secondary N) is 1. The highest BCUT2D eigenvalue weighted by atomic mass is 32.2. The van der Waals surface area contributed by atoms with Gasteiger partial charge in [0.15, 0.2) is 17.3 Å². The highest BCUT2D eigenvalue weighted by molar-refractivity contribution is 8.00. The summed E-state index contributed by atoms with van der Waals surface area (Å²) in [6, 6.07) is 14.3. The van der Waals surface area contributed by atoms with E-state index in [2.05, 4.69) is 17.4 Å². The van der Waals surface area contributed by atoms with Crippen molar-refractivity contribution in [1.82, 2.24) is 0 Å². The number of carbonyl (C=O) groups is 1. The molecule has 2 aliphatic heterocycles. The molecule has 5 heteroatoms. The summed E-state index contributed by atoms with van der Waals surface area (Å²) in [5, 5.41) is 3.49. The van der Waals surface area contributed by atoms with Crippen molar-refractivity contribution in [3.63, 3.8) is 0 Å². The average Bonchev–Trinajstić information content (AvgIpc) is 3.02. The molecule has 2 heterocycles. The lowest BCUT2D eigenvalue weighted by molar-refractivity contribution is -0.116.